The number of benzene rings is 2. The number of nitro benzene ring substituents is 1. The van der Waals surface area contributed by atoms with E-state index in [1.54, 1.807) is 24.3 Å². The first-order valence-electron chi connectivity index (χ1n) is 9.65. The lowest BCUT2D eigenvalue weighted by Crippen LogP contribution is -2.41. The van der Waals surface area contributed by atoms with Crippen LogP contribution in [0.1, 0.15) is 15.9 Å². The van der Waals surface area contributed by atoms with E-state index in [-0.39, 0.29) is 37.8 Å². The van der Waals surface area contributed by atoms with E-state index in [1.807, 2.05) is 0 Å². The van der Waals surface area contributed by atoms with E-state index in [2.05, 4.69) is 21.3 Å². The topological polar surface area (TPSA) is 135 Å². The van der Waals surface area contributed by atoms with Crippen LogP contribution in [0.15, 0.2) is 42.5 Å². The molecular weight excluding hydrogens is 447 g/mol. The molecule has 0 saturated carbocycles. The second-order valence-electron chi connectivity index (χ2n) is 6.58. The van der Waals surface area contributed by atoms with Gasteiger partial charge in [0.05, 0.1) is 17.6 Å². The van der Waals surface area contributed by atoms with Gasteiger partial charge < -0.3 is 26.0 Å². The van der Waals surface area contributed by atoms with Gasteiger partial charge in [-0.15, -0.1) is 0 Å². The van der Waals surface area contributed by atoms with Crippen molar-refractivity contribution >= 4 is 23.3 Å². The number of rotatable bonds is 10. The molecule has 0 aromatic heterocycles. The highest BCUT2D eigenvalue weighted by Crippen LogP contribution is 2.34. The molecule has 0 unspecified atom stereocenters. The zero-order valence-corrected chi connectivity index (χ0v) is 17.5. The Bertz CT molecular complexity index is 1000. The summed E-state index contributed by atoms with van der Waals surface area (Å²) in [6, 6.07) is 8.16. The maximum absolute atomic E-state index is 12.7. The zero-order chi connectivity index (χ0) is 24.4. The normalized spacial score (nSPS) is 10.8. The molecule has 2 rings (SSSR count). The molecule has 0 spiro atoms. The van der Waals surface area contributed by atoms with Crippen molar-refractivity contribution in [2.75, 3.05) is 38.6 Å². The van der Waals surface area contributed by atoms with Gasteiger partial charge in [0, 0.05) is 37.8 Å². The summed E-state index contributed by atoms with van der Waals surface area (Å²) in [6.45, 7) is 0.380. The molecule has 3 amide bonds. The zero-order valence-electron chi connectivity index (χ0n) is 17.5. The minimum atomic E-state index is -4.70. The summed E-state index contributed by atoms with van der Waals surface area (Å²) in [6.07, 6.45) is -4.70. The molecule has 0 heterocycles. The fraction of sp³-hybridized carbons (Fsp3) is 0.300. The second-order valence-corrected chi connectivity index (χ2v) is 6.58. The first kappa shape index (κ1) is 25.2. The summed E-state index contributed by atoms with van der Waals surface area (Å²) < 4.78 is 43.2. The highest BCUT2D eigenvalue weighted by molar-refractivity contribution is 5.94. The fourth-order valence-electron chi connectivity index (χ4n) is 2.66. The number of nitro groups is 1. The summed E-state index contributed by atoms with van der Waals surface area (Å²) in [5.41, 5.74) is -1.55. The number of nitrogens with one attached hydrogen (secondary N) is 4. The smallest absolute Gasteiger partial charge is 0.416 e. The Balaban J connectivity index is 1.70. The van der Waals surface area contributed by atoms with Gasteiger partial charge in [0.15, 0.2) is 0 Å². The summed E-state index contributed by atoms with van der Waals surface area (Å²) in [5, 5.41) is 21.3. The van der Waals surface area contributed by atoms with Gasteiger partial charge in [0.1, 0.15) is 11.4 Å². The standard InChI is InChI=1S/C20H22F3N5O5/c1-33-15-4-2-3-13(11-15)18(29)25-8-10-27-19(30)26-9-7-24-16-6-5-14(20(21,22)23)12-17(16)28(31)32/h2-6,11-12,24H,7-10H2,1H3,(H,25,29)(H2,26,27,30). The number of nitrogens with zero attached hydrogens (tertiary/aromatic N) is 1. The molecule has 10 nitrogen and oxygen atoms in total. The molecule has 4 N–H and O–H groups in total. The van der Waals surface area contributed by atoms with Crippen LogP contribution in [0.5, 0.6) is 5.75 Å². The van der Waals surface area contributed by atoms with E-state index >= 15 is 0 Å². The Morgan fingerprint density at radius 1 is 1.00 bits per heavy atom. The molecule has 0 aliphatic rings. The van der Waals surface area contributed by atoms with E-state index in [1.165, 1.54) is 7.11 Å². The molecule has 2 aromatic rings. The largest absolute Gasteiger partial charge is 0.497 e. The lowest BCUT2D eigenvalue weighted by molar-refractivity contribution is -0.384. The van der Waals surface area contributed by atoms with E-state index in [4.69, 9.17) is 4.74 Å². The van der Waals surface area contributed by atoms with Crippen LogP contribution in [0.3, 0.4) is 0 Å². The van der Waals surface area contributed by atoms with Crippen molar-refractivity contribution in [3.05, 3.63) is 63.7 Å². The quantitative estimate of drug-likeness (QED) is 0.240. The second kappa shape index (κ2) is 11.5. The number of carbonyl (C=O) groups excluding carboxylic acids is 2. The highest BCUT2D eigenvalue weighted by atomic mass is 19.4. The number of halogens is 3. The maximum Gasteiger partial charge on any atom is 0.416 e. The lowest BCUT2D eigenvalue weighted by atomic mass is 10.1. The number of hydrogen-bond donors (Lipinski definition) is 4. The van der Waals surface area contributed by atoms with Crippen LogP contribution in [0.2, 0.25) is 0 Å². The number of ether oxygens (including phenoxy) is 1. The van der Waals surface area contributed by atoms with Gasteiger partial charge in [-0.05, 0) is 30.3 Å². The summed E-state index contributed by atoms with van der Waals surface area (Å²) in [5.74, 6) is 0.203. The maximum atomic E-state index is 12.7. The Kier molecular flexibility index (Phi) is 8.83. The SMILES string of the molecule is COc1cccc(C(=O)NCCNC(=O)NCCNc2ccc(C(F)(F)F)cc2[N+](=O)[O-])c1. The van der Waals surface area contributed by atoms with Crippen molar-refractivity contribution in [1.29, 1.82) is 0 Å². The molecular formula is C20H22F3N5O5. The third-order valence-corrected chi connectivity index (χ3v) is 4.28. The number of alkyl halides is 3. The van der Waals surface area contributed by atoms with Crippen molar-refractivity contribution < 1.29 is 32.4 Å². The molecule has 178 valence electrons. The van der Waals surface area contributed by atoms with E-state index in [0.29, 0.717) is 17.4 Å². The van der Waals surface area contributed by atoms with Crippen LogP contribution in [0.25, 0.3) is 0 Å². The molecule has 0 saturated heterocycles. The Hall–Kier alpha value is -4.03. The molecule has 0 aliphatic carbocycles. The van der Waals surface area contributed by atoms with Gasteiger partial charge in [-0.3, -0.25) is 14.9 Å². The van der Waals surface area contributed by atoms with Crippen LogP contribution in [0.4, 0.5) is 29.3 Å². The first-order chi connectivity index (χ1) is 15.6. The van der Waals surface area contributed by atoms with Gasteiger partial charge in [0.2, 0.25) is 0 Å². The predicted molar refractivity (Wildman–Crippen MR) is 113 cm³/mol. The average Bonchev–Trinajstić information content (AvgIpc) is 2.78. The number of anilines is 1. The lowest BCUT2D eigenvalue weighted by Gasteiger charge is -2.12. The number of amides is 3. The van der Waals surface area contributed by atoms with Crippen LogP contribution in [-0.2, 0) is 6.18 Å². The summed E-state index contributed by atoms with van der Waals surface area (Å²) >= 11 is 0. The van der Waals surface area contributed by atoms with Crippen molar-refractivity contribution in [3.63, 3.8) is 0 Å². The molecule has 2 aromatic carbocycles. The first-order valence-corrected chi connectivity index (χ1v) is 9.65. The van der Waals surface area contributed by atoms with E-state index in [9.17, 15) is 32.9 Å². The Morgan fingerprint density at radius 3 is 2.30 bits per heavy atom. The number of carbonyl (C=O) groups is 2. The molecule has 0 aliphatic heterocycles. The number of hydrogen-bond acceptors (Lipinski definition) is 6. The number of urea groups is 1. The van der Waals surface area contributed by atoms with E-state index < -0.39 is 28.4 Å². The molecule has 13 heteroatoms. The predicted octanol–water partition coefficient (Wildman–Crippen LogP) is 2.76. The molecule has 0 fully saturated rings. The van der Waals surface area contributed by atoms with Crippen LogP contribution in [-0.4, -0.2) is 50.2 Å². The Morgan fingerprint density at radius 2 is 1.67 bits per heavy atom. The minimum Gasteiger partial charge on any atom is -0.497 e. The van der Waals surface area contributed by atoms with Gasteiger partial charge in [-0.1, -0.05) is 6.07 Å². The van der Waals surface area contributed by atoms with Crippen molar-refractivity contribution in [1.82, 2.24) is 16.0 Å². The van der Waals surface area contributed by atoms with Gasteiger partial charge >= 0.3 is 12.2 Å². The third-order valence-electron chi connectivity index (χ3n) is 4.28. The third kappa shape index (κ3) is 7.87. The molecule has 33 heavy (non-hydrogen) atoms. The van der Waals surface area contributed by atoms with Crippen molar-refractivity contribution in [2.24, 2.45) is 0 Å². The van der Waals surface area contributed by atoms with Gasteiger partial charge in [-0.2, -0.15) is 13.2 Å². The minimum absolute atomic E-state index is 0.0339. The monoisotopic (exact) mass is 469 g/mol. The fourth-order valence-corrected chi connectivity index (χ4v) is 2.66. The summed E-state index contributed by atoms with van der Waals surface area (Å²) in [4.78, 5) is 33.9. The summed E-state index contributed by atoms with van der Waals surface area (Å²) in [7, 11) is 1.49. The van der Waals surface area contributed by atoms with E-state index in [0.717, 1.165) is 12.1 Å². The molecule has 0 bridgehead atoms. The molecule has 0 radical (unpaired) electrons. The Labute approximate surface area is 186 Å². The highest BCUT2D eigenvalue weighted by Gasteiger charge is 2.33. The van der Waals surface area contributed by atoms with Crippen molar-refractivity contribution in [3.8, 4) is 5.75 Å². The van der Waals surface area contributed by atoms with Gasteiger partial charge in [0.25, 0.3) is 11.6 Å². The van der Waals surface area contributed by atoms with Crippen LogP contribution in [0, 0.1) is 10.1 Å². The number of methoxy groups -OCH3 is 1. The van der Waals surface area contributed by atoms with Crippen LogP contribution < -0.4 is 26.0 Å². The van der Waals surface area contributed by atoms with Crippen LogP contribution >= 0.6 is 0 Å². The molecule has 0 atom stereocenters. The average molecular weight is 469 g/mol. The van der Waals surface area contributed by atoms with Crippen molar-refractivity contribution in [2.45, 2.75) is 6.18 Å². The van der Waals surface area contributed by atoms with Gasteiger partial charge in [-0.25, -0.2) is 4.79 Å².